The molecule has 0 heterocycles. The van der Waals surface area contributed by atoms with E-state index < -0.39 is 16.1 Å². The summed E-state index contributed by atoms with van der Waals surface area (Å²) in [7, 11) is -2.15. The van der Waals surface area contributed by atoms with Crippen molar-refractivity contribution in [2.45, 2.75) is 31.3 Å². The number of anilines is 1. The Labute approximate surface area is 108 Å². The number of hydrogen-bond donors (Lipinski definition) is 2. The van der Waals surface area contributed by atoms with Gasteiger partial charge in [0.2, 0.25) is 10.0 Å². The van der Waals surface area contributed by atoms with Crippen molar-refractivity contribution >= 4 is 15.7 Å². The van der Waals surface area contributed by atoms with Gasteiger partial charge in [-0.15, -0.1) is 0 Å². The summed E-state index contributed by atoms with van der Waals surface area (Å²) < 4.78 is 25.5. The van der Waals surface area contributed by atoms with Crippen LogP contribution < -0.4 is 5.73 Å². The Bertz CT molecular complexity index is 512. The number of benzene rings is 1. The van der Waals surface area contributed by atoms with Gasteiger partial charge in [0.05, 0.1) is 11.0 Å². The third-order valence-corrected chi connectivity index (χ3v) is 4.55. The van der Waals surface area contributed by atoms with E-state index >= 15 is 0 Å². The average molecular weight is 272 g/mol. The van der Waals surface area contributed by atoms with Gasteiger partial charge in [-0.3, -0.25) is 0 Å². The highest BCUT2D eigenvalue weighted by Crippen LogP contribution is 2.21. The molecule has 0 bridgehead atoms. The molecule has 0 spiro atoms. The first-order valence-electron chi connectivity index (χ1n) is 5.81. The first-order chi connectivity index (χ1) is 8.28. The van der Waals surface area contributed by atoms with Gasteiger partial charge in [-0.25, -0.2) is 8.42 Å². The molecule has 0 radical (unpaired) electrons. The molecule has 0 amide bonds. The molecular weight excluding hydrogens is 252 g/mol. The summed E-state index contributed by atoms with van der Waals surface area (Å²) >= 11 is 0. The van der Waals surface area contributed by atoms with E-state index in [2.05, 4.69) is 0 Å². The first kappa shape index (κ1) is 14.9. The molecule has 0 aromatic heterocycles. The Morgan fingerprint density at radius 1 is 1.44 bits per heavy atom. The number of rotatable bonds is 5. The molecule has 3 N–H and O–H groups in total. The lowest BCUT2D eigenvalue weighted by Crippen LogP contribution is -2.33. The van der Waals surface area contributed by atoms with Gasteiger partial charge in [-0.2, -0.15) is 4.31 Å². The molecule has 0 saturated carbocycles. The molecule has 6 heteroatoms. The van der Waals surface area contributed by atoms with Crippen LogP contribution in [0.25, 0.3) is 0 Å². The summed E-state index contributed by atoms with van der Waals surface area (Å²) in [5, 5.41) is 9.24. The van der Waals surface area contributed by atoms with Crippen LogP contribution in [0.15, 0.2) is 23.1 Å². The lowest BCUT2D eigenvalue weighted by molar-refractivity contribution is 0.171. The molecular formula is C12H20N2O3S. The van der Waals surface area contributed by atoms with Crippen molar-refractivity contribution in [1.82, 2.24) is 4.31 Å². The molecule has 1 atom stereocenters. The zero-order valence-electron chi connectivity index (χ0n) is 10.9. The van der Waals surface area contributed by atoms with Crippen LogP contribution in [0.2, 0.25) is 0 Å². The summed E-state index contributed by atoms with van der Waals surface area (Å²) in [6, 6.07) is 4.73. The van der Waals surface area contributed by atoms with Gasteiger partial charge in [0.1, 0.15) is 0 Å². The molecule has 0 aliphatic heterocycles. The molecule has 1 unspecified atom stereocenters. The lowest BCUT2D eigenvalue weighted by Gasteiger charge is -2.19. The molecule has 18 heavy (non-hydrogen) atoms. The number of aryl methyl sites for hydroxylation is 1. The van der Waals surface area contributed by atoms with E-state index in [1.165, 1.54) is 13.1 Å². The fraction of sp³-hybridized carbons (Fsp3) is 0.500. The molecule has 1 rings (SSSR count). The minimum absolute atomic E-state index is 0.0533. The minimum atomic E-state index is -3.59. The number of hydrogen-bond acceptors (Lipinski definition) is 4. The number of sulfonamides is 1. The van der Waals surface area contributed by atoms with E-state index in [1.807, 2.05) is 6.92 Å². The zero-order valence-corrected chi connectivity index (χ0v) is 11.7. The van der Waals surface area contributed by atoms with E-state index in [0.717, 1.165) is 16.3 Å². The van der Waals surface area contributed by atoms with E-state index in [1.54, 1.807) is 19.1 Å². The SMILES string of the molecule is CCc1ccc(S(=O)(=O)N(C)CC(C)O)cc1N. The Balaban J connectivity index is 3.09. The van der Waals surface area contributed by atoms with Crippen LogP contribution >= 0.6 is 0 Å². The van der Waals surface area contributed by atoms with Crippen LogP contribution in [0.1, 0.15) is 19.4 Å². The van der Waals surface area contributed by atoms with Gasteiger partial charge in [-0.1, -0.05) is 13.0 Å². The Morgan fingerprint density at radius 2 is 2.06 bits per heavy atom. The van der Waals surface area contributed by atoms with Crippen molar-refractivity contribution in [2.24, 2.45) is 0 Å². The monoisotopic (exact) mass is 272 g/mol. The second kappa shape index (κ2) is 5.69. The van der Waals surface area contributed by atoms with Gasteiger partial charge in [0, 0.05) is 19.3 Å². The third kappa shape index (κ3) is 3.22. The summed E-state index contributed by atoms with van der Waals surface area (Å²) in [5.74, 6) is 0. The van der Waals surface area contributed by atoms with E-state index in [4.69, 9.17) is 5.73 Å². The standard InChI is InChI=1S/C12H20N2O3S/c1-4-10-5-6-11(7-12(10)13)18(16,17)14(3)8-9(2)15/h5-7,9,15H,4,8,13H2,1-3H3. The number of nitrogen functional groups attached to an aromatic ring is 1. The smallest absolute Gasteiger partial charge is 0.242 e. The molecule has 102 valence electrons. The topological polar surface area (TPSA) is 83.6 Å². The number of nitrogens with two attached hydrogens (primary N) is 1. The van der Waals surface area contributed by atoms with Crippen molar-refractivity contribution in [3.8, 4) is 0 Å². The van der Waals surface area contributed by atoms with Gasteiger partial charge in [0.25, 0.3) is 0 Å². The van der Waals surface area contributed by atoms with E-state index in [9.17, 15) is 13.5 Å². The first-order valence-corrected chi connectivity index (χ1v) is 7.25. The quantitative estimate of drug-likeness (QED) is 0.778. The van der Waals surface area contributed by atoms with Crippen LogP contribution in [-0.2, 0) is 16.4 Å². The molecule has 0 aliphatic rings. The van der Waals surface area contributed by atoms with E-state index in [-0.39, 0.29) is 11.4 Å². The number of aliphatic hydroxyl groups excluding tert-OH is 1. The molecule has 5 nitrogen and oxygen atoms in total. The van der Waals surface area contributed by atoms with Gasteiger partial charge >= 0.3 is 0 Å². The molecule has 0 fully saturated rings. The number of aliphatic hydroxyl groups is 1. The van der Waals surface area contributed by atoms with Gasteiger partial charge in [0.15, 0.2) is 0 Å². The Kier molecular flexibility index (Phi) is 4.72. The summed E-state index contributed by atoms with van der Waals surface area (Å²) in [5.41, 5.74) is 7.20. The predicted molar refractivity (Wildman–Crippen MR) is 71.7 cm³/mol. The minimum Gasteiger partial charge on any atom is -0.398 e. The lowest BCUT2D eigenvalue weighted by atomic mass is 10.1. The van der Waals surface area contributed by atoms with Crippen LogP contribution in [0, 0.1) is 0 Å². The van der Waals surface area contributed by atoms with Crippen molar-refractivity contribution in [3.63, 3.8) is 0 Å². The molecule has 1 aromatic rings. The fourth-order valence-corrected chi connectivity index (χ4v) is 2.99. The molecule has 0 aliphatic carbocycles. The summed E-state index contributed by atoms with van der Waals surface area (Å²) in [4.78, 5) is 0.153. The van der Waals surface area contributed by atoms with Gasteiger partial charge < -0.3 is 10.8 Å². The van der Waals surface area contributed by atoms with Crippen molar-refractivity contribution in [2.75, 3.05) is 19.3 Å². The zero-order chi connectivity index (χ0) is 13.9. The summed E-state index contributed by atoms with van der Waals surface area (Å²) in [6.07, 6.45) is 0.0485. The van der Waals surface area contributed by atoms with Crippen LogP contribution in [0.3, 0.4) is 0 Å². The van der Waals surface area contributed by atoms with Crippen molar-refractivity contribution < 1.29 is 13.5 Å². The fourth-order valence-electron chi connectivity index (χ4n) is 1.71. The molecule has 1 aromatic carbocycles. The van der Waals surface area contributed by atoms with Crippen LogP contribution in [0.5, 0.6) is 0 Å². The van der Waals surface area contributed by atoms with Crippen molar-refractivity contribution in [3.05, 3.63) is 23.8 Å². The highest BCUT2D eigenvalue weighted by molar-refractivity contribution is 7.89. The normalized spacial score (nSPS) is 13.8. The van der Waals surface area contributed by atoms with Crippen LogP contribution in [-0.4, -0.2) is 37.5 Å². The molecule has 0 saturated heterocycles. The maximum Gasteiger partial charge on any atom is 0.242 e. The Morgan fingerprint density at radius 3 is 2.50 bits per heavy atom. The Hall–Kier alpha value is -1.11. The highest BCUT2D eigenvalue weighted by Gasteiger charge is 2.22. The average Bonchev–Trinajstić information content (AvgIpc) is 2.27. The van der Waals surface area contributed by atoms with Crippen molar-refractivity contribution in [1.29, 1.82) is 0 Å². The highest BCUT2D eigenvalue weighted by atomic mass is 32.2. The number of nitrogens with zero attached hydrogens (tertiary/aromatic N) is 1. The second-order valence-electron chi connectivity index (χ2n) is 4.35. The van der Waals surface area contributed by atoms with Crippen LogP contribution in [0.4, 0.5) is 5.69 Å². The van der Waals surface area contributed by atoms with Gasteiger partial charge in [-0.05, 0) is 31.0 Å². The maximum absolute atomic E-state index is 12.2. The van der Waals surface area contributed by atoms with E-state index in [0.29, 0.717) is 5.69 Å². The summed E-state index contributed by atoms with van der Waals surface area (Å²) in [6.45, 7) is 3.55. The predicted octanol–water partition coefficient (Wildman–Crippen LogP) is 0.833. The maximum atomic E-state index is 12.2. The largest absolute Gasteiger partial charge is 0.398 e. The third-order valence-electron chi connectivity index (χ3n) is 2.73. The number of likely N-dealkylation sites (N-methyl/N-ethyl adjacent to an activating group) is 1. The second-order valence-corrected chi connectivity index (χ2v) is 6.39.